The summed E-state index contributed by atoms with van der Waals surface area (Å²) in [6, 6.07) is 7.76. The monoisotopic (exact) mass is 351 g/mol. The predicted molar refractivity (Wildman–Crippen MR) is 91.8 cm³/mol. The minimum Gasteiger partial charge on any atom is -0.548 e. The molecule has 0 fully saturated rings. The quantitative estimate of drug-likeness (QED) is 0.660. The van der Waals surface area contributed by atoms with Crippen molar-refractivity contribution < 1.29 is 24.5 Å². The van der Waals surface area contributed by atoms with Gasteiger partial charge in [0, 0.05) is 13.1 Å². The molecule has 1 aromatic rings. The molecule has 0 radical (unpaired) electrons. The number of hydrogen-bond donors (Lipinski definition) is 2. The van der Waals surface area contributed by atoms with Gasteiger partial charge in [-0.2, -0.15) is 0 Å². The number of nitrogens with zero attached hydrogens (tertiary/aromatic N) is 1. The van der Waals surface area contributed by atoms with Crippen LogP contribution in [0.3, 0.4) is 0 Å². The lowest BCUT2D eigenvalue weighted by molar-refractivity contribution is -0.309. The van der Waals surface area contributed by atoms with Crippen LogP contribution < -0.4 is 10.4 Å². The van der Waals surface area contributed by atoms with E-state index in [4.69, 9.17) is 9.84 Å². The van der Waals surface area contributed by atoms with Crippen molar-refractivity contribution in [3.63, 3.8) is 0 Å². The van der Waals surface area contributed by atoms with Crippen LogP contribution in [0.5, 0.6) is 0 Å². The zero-order chi connectivity index (χ0) is 18.9. The number of carbonyl (C=O) groups excluding carboxylic acids is 2. The molecule has 0 saturated carbocycles. The Kier molecular flexibility index (Phi) is 8.37. The molecule has 1 aromatic carbocycles. The fourth-order valence-electron chi connectivity index (χ4n) is 2.09. The molecule has 0 aliphatic carbocycles. The van der Waals surface area contributed by atoms with Crippen LogP contribution in [-0.2, 0) is 16.0 Å². The molecule has 0 aromatic heterocycles. The van der Waals surface area contributed by atoms with E-state index in [9.17, 15) is 14.7 Å². The van der Waals surface area contributed by atoms with Gasteiger partial charge >= 0.3 is 6.03 Å². The Bertz CT molecular complexity index is 542. The maximum Gasteiger partial charge on any atom is 0.318 e. The van der Waals surface area contributed by atoms with E-state index in [1.165, 1.54) is 4.90 Å². The molecule has 1 atom stereocenters. The number of carboxylic acids is 1. The Morgan fingerprint density at radius 2 is 1.88 bits per heavy atom. The average molecular weight is 351 g/mol. The molecule has 2 amide bonds. The van der Waals surface area contributed by atoms with Crippen molar-refractivity contribution in [3.8, 4) is 0 Å². The van der Waals surface area contributed by atoms with Gasteiger partial charge in [-0.15, -0.1) is 0 Å². The van der Waals surface area contributed by atoms with Crippen LogP contribution in [0.4, 0.5) is 4.79 Å². The lowest BCUT2D eigenvalue weighted by Gasteiger charge is -2.29. The Morgan fingerprint density at radius 1 is 1.24 bits per heavy atom. The first-order valence-corrected chi connectivity index (χ1v) is 8.28. The van der Waals surface area contributed by atoms with Gasteiger partial charge in [0.2, 0.25) is 0 Å². The van der Waals surface area contributed by atoms with Crippen LogP contribution in [0.15, 0.2) is 30.3 Å². The standard InChI is InChI=1S/C18H28N2O5/c1-18(2,3)25-13-15(16(22)23)19-17(24)20(11-12-21)10-9-14-7-5-4-6-8-14/h4-8,15,21H,9-13H2,1-3H3,(H,19,24)(H,22,23)/p-1. The van der Waals surface area contributed by atoms with Gasteiger partial charge in [0.15, 0.2) is 0 Å². The number of nitrogens with one attached hydrogen (secondary N) is 1. The molecular weight excluding hydrogens is 324 g/mol. The molecule has 0 bridgehead atoms. The summed E-state index contributed by atoms with van der Waals surface area (Å²) in [5.74, 6) is -1.41. The first kappa shape index (κ1) is 20.9. The lowest BCUT2D eigenvalue weighted by Crippen LogP contribution is -2.55. The highest BCUT2D eigenvalue weighted by molar-refractivity contribution is 5.81. The number of rotatable bonds is 9. The molecule has 0 heterocycles. The molecule has 7 heteroatoms. The van der Waals surface area contributed by atoms with Crippen molar-refractivity contribution in [2.75, 3.05) is 26.3 Å². The highest BCUT2D eigenvalue weighted by Crippen LogP contribution is 2.07. The zero-order valence-corrected chi connectivity index (χ0v) is 15.0. The zero-order valence-electron chi connectivity index (χ0n) is 15.0. The second-order valence-corrected chi connectivity index (χ2v) is 6.69. The van der Waals surface area contributed by atoms with Crippen molar-refractivity contribution in [2.45, 2.75) is 38.8 Å². The highest BCUT2D eigenvalue weighted by atomic mass is 16.5. The van der Waals surface area contributed by atoms with Crippen molar-refractivity contribution in [1.82, 2.24) is 10.2 Å². The molecule has 0 aliphatic rings. The van der Waals surface area contributed by atoms with Crippen LogP contribution in [0, 0.1) is 0 Å². The largest absolute Gasteiger partial charge is 0.548 e. The van der Waals surface area contributed by atoms with E-state index in [1.54, 1.807) is 20.8 Å². The molecule has 1 rings (SSSR count). The molecule has 0 saturated heterocycles. The number of aliphatic carboxylic acids is 1. The second kappa shape index (κ2) is 10.0. The summed E-state index contributed by atoms with van der Waals surface area (Å²) in [6.45, 7) is 5.44. The number of carbonyl (C=O) groups is 2. The van der Waals surface area contributed by atoms with E-state index in [0.29, 0.717) is 13.0 Å². The number of aliphatic hydroxyl groups is 1. The van der Waals surface area contributed by atoms with E-state index < -0.39 is 23.6 Å². The molecule has 0 spiro atoms. The molecule has 2 N–H and O–H groups in total. The SMILES string of the molecule is CC(C)(C)OCC(NC(=O)N(CCO)CCc1ccccc1)C(=O)[O-]. The van der Waals surface area contributed by atoms with E-state index in [-0.39, 0.29) is 19.8 Å². The molecule has 0 aliphatic heterocycles. The van der Waals surface area contributed by atoms with Crippen LogP contribution in [0.25, 0.3) is 0 Å². The second-order valence-electron chi connectivity index (χ2n) is 6.69. The van der Waals surface area contributed by atoms with Gasteiger partial charge in [0.1, 0.15) is 0 Å². The van der Waals surface area contributed by atoms with Gasteiger partial charge in [-0.25, -0.2) is 4.79 Å². The van der Waals surface area contributed by atoms with Gasteiger partial charge in [0.05, 0.1) is 30.8 Å². The normalized spacial score (nSPS) is 12.5. The fourth-order valence-corrected chi connectivity index (χ4v) is 2.09. The predicted octanol–water partition coefficient (Wildman–Crippen LogP) is 0.167. The molecule has 1 unspecified atom stereocenters. The maximum atomic E-state index is 12.4. The summed E-state index contributed by atoms with van der Waals surface area (Å²) in [7, 11) is 0. The van der Waals surface area contributed by atoms with E-state index in [0.717, 1.165) is 5.56 Å². The summed E-state index contributed by atoms with van der Waals surface area (Å²) >= 11 is 0. The average Bonchev–Trinajstić information content (AvgIpc) is 2.54. The number of carboxylic acid groups (broad SMARTS) is 1. The van der Waals surface area contributed by atoms with Crippen molar-refractivity contribution in [2.24, 2.45) is 0 Å². The Balaban J connectivity index is 2.64. The molecule has 140 valence electrons. The fraction of sp³-hybridized carbons (Fsp3) is 0.556. The lowest BCUT2D eigenvalue weighted by atomic mass is 10.1. The van der Waals surface area contributed by atoms with Gasteiger partial charge in [-0.3, -0.25) is 0 Å². The maximum absolute atomic E-state index is 12.4. The van der Waals surface area contributed by atoms with Crippen LogP contribution in [0.1, 0.15) is 26.3 Å². The third-order valence-corrected chi connectivity index (χ3v) is 3.44. The van der Waals surface area contributed by atoms with E-state index >= 15 is 0 Å². The number of urea groups is 1. The first-order valence-electron chi connectivity index (χ1n) is 8.28. The Morgan fingerprint density at radius 3 is 2.40 bits per heavy atom. The van der Waals surface area contributed by atoms with E-state index in [1.807, 2.05) is 30.3 Å². The molecular formula is C18H27N2O5-. The number of hydrogen-bond acceptors (Lipinski definition) is 5. The topological polar surface area (TPSA) is 102 Å². The number of ether oxygens (including phenoxy) is 1. The summed E-state index contributed by atoms with van der Waals surface area (Å²) in [6.07, 6.45) is 0.600. The van der Waals surface area contributed by atoms with Gasteiger partial charge in [0.25, 0.3) is 0 Å². The number of amides is 2. The molecule has 7 nitrogen and oxygen atoms in total. The minimum absolute atomic E-state index is 0.110. The van der Waals surface area contributed by atoms with Crippen molar-refractivity contribution in [1.29, 1.82) is 0 Å². The van der Waals surface area contributed by atoms with Gasteiger partial charge in [-0.1, -0.05) is 30.3 Å². The van der Waals surface area contributed by atoms with Gasteiger partial charge < -0.3 is 30.0 Å². The summed E-state index contributed by atoms with van der Waals surface area (Å²) < 4.78 is 5.42. The van der Waals surface area contributed by atoms with E-state index in [2.05, 4.69) is 5.32 Å². The Labute approximate surface area is 148 Å². The van der Waals surface area contributed by atoms with Crippen LogP contribution in [-0.4, -0.2) is 60.0 Å². The third-order valence-electron chi connectivity index (χ3n) is 3.44. The smallest absolute Gasteiger partial charge is 0.318 e. The highest BCUT2D eigenvalue weighted by Gasteiger charge is 2.21. The summed E-state index contributed by atoms with van der Waals surface area (Å²) in [4.78, 5) is 25.0. The Hall–Kier alpha value is -2.12. The van der Waals surface area contributed by atoms with Crippen molar-refractivity contribution >= 4 is 12.0 Å². The third kappa shape index (κ3) is 8.51. The van der Waals surface area contributed by atoms with Gasteiger partial charge in [-0.05, 0) is 32.8 Å². The first-order chi connectivity index (χ1) is 11.7. The van der Waals surface area contributed by atoms with Crippen LogP contribution in [0.2, 0.25) is 0 Å². The molecule has 25 heavy (non-hydrogen) atoms. The van der Waals surface area contributed by atoms with Crippen molar-refractivity contribution in [3.05, 3.63) is 35.9 Å². The number of aliphatic hydroxyl groups excluding tert-OH is 1. The number of benzene rings is 1. The van der Waals surface area contributed by atoms with Crippen LogP contribution >= 0.6 is 0 Å². The summed E-state index contributed by atoms with van der Waals surface area (Å²) in [5, 5.41) is 22.8. The minimum atomic E-state index is -1.41. The summed E-state index contributed by atoms with van der Waals surface area (Å²) in [5.41, 5.74) is 0.516.